The SMILES string of the molecule is Cc1ccc(Sc2nccnc2N2CCCC(C(=O)NCc3ccccc3Cl)C2)cc1. The fourth-order valence-corrected chi connectivity index (χ4v) is 4.76. The molecule has 0 saturated carbocycles. The summed E-state index contributed by atoms with van der Waals surface area (Å²) in [5, 5.41) is 4.59. The first kappa shape index (κ1) is 21.7. The van der Waals surface area contributed by atoms with Crippen molar-refractivity contribution < 1.29 is 4.79 Å². The van der Waals surface area contributed by atoms with Gasteiger partial charge in [0, 0.05) is 41.9 Å². The van der Waals surface area contributed by atoms with E-state index in [0.29, 0.717) is 18.1 Å². The number of carbonyl (C=O) groups is 1. The highest BCUT2D eigenvalue weighted by atomic mass is 35.5. The number of nitrogens with zero attached hydrogens (tertiary/aromatic N) is 3. The molecule has 2 heterocycles. The quantitative estimate of drug-likeness (QED) is 0.562. The monoisotopic (exact) mass is 452 g/mol. The lowest BCUT2D eigenvalue weighted by molar-refractivity contribution is -0.125. The number of hydrogen-bond acceptors (Lipinski definition) is 5. The number of halogens is 1. The van der Waals surface area contributed by atoms with Crippen LogP contribution in [0.25, 0.3) is 0 Å². The molecule has 1 amide bonds. The van der Waals surface area contributed by atoms with E-state index in [1.54, 1.807) is 24.2 Å². The van der Waals surface area contributed by atoms with Gasteiger partial charge >= 0.3 is 0 Å². The third kappa shape index (κ3) is 5.57. The Morgan fingerprint density at radius 1 is 1.16 bits per heavy atom. The fraction of sp³-hybridized carbons (Fsp3) is 0.292. The Morgan fingerprint density at radius 2 is 1.94 bits per heavy atom. The third-order valence-corrected chi connectivity index (χ3v) is 6.74. The van der Waals surface area contributed by atoms with Gasteiger partial charge in [-0.2, -0.15) is 0 Å². The zero-order valence-corrected chi connectivity index (χ0v) is 19.0. The molecule has 1 unspecified atom stereocenters. The van der Waals surface area contributed by atoms with Gasteiger partial charge in [0.1, 0.15) is 5.03 Å². The number of carbonyl (C=O) groups excluding carboxylic acids is 1. The lowest BCUT2D eigenvalue weighted by Gasteiger charge is -2.33. The Morgan fingerprint density at radius 3 is 2.74 bits per heavy atom. The van der Waals surface area contributed by atoms with E-state index < -0.39 is 0 Å². The minimum absolute atomic E-state index is 0.0567. The van der Waals surface area contributed by atoms with Crippen LogP contribution in [0, 0.1) is 12.8 Å². The average molecular weight is 453 g/mol. The first-order chi connectivity index (χ1) is 15.1. The van der Waals surface area contributed by atoms with Gasteiger partial charge < -0.3 is 10.2 Å². The Hall–Kier alpha value is -2.57. The molecule has 160 valence electrons. The Bertz CT molecular complexity index is 1040. The molecule has 0 bridgehead atoms. The average Bonchev–Trinajstić information content (AvgIpc) is 2.80. The summed E-state index contributed by atoms with van der Waals surface area (Å²) in [6.45, 7) is 4.02. The standard InChI is InChI=1S/C24H25ClN4OS/c1-17-8-10-20(11-9-17)31-24-22(26-12-13-27-24)29-14-4-6-19(16-29)23(30)28-15-18-5-2-3-7-21(18)25/h2-3,5,7-13,19H,4,6,14-16H2,1H3,(H,28,30). The molecule has 2 aromatic carbocycles. The van der Waals surface area contributed by atoms with E-state index in [1.807, 2.05) is 24.3 Å². The first-order valence-electron chi connectivity index (χ1n) is 10.4. The molecule has 31 heavy (non-hydrogen) atoms. The molecule has 0 spiro atoms. The van der Waals surface area contributed by atoms with Crippen LogP contribution in [0.3, 0.4) is 0 Å². The molecular weight excluding hydrogens is 428 g/mol. The molecule has 1 fully saturated rings. The van der Waals surface area contributed by atoms with Crippen LogP contribution in [0.5, 0.6) is 0 Å². The van der Waals surface area contributed by atoms with Gasteiger partial charge in [-0.15, -0.1) is 0 Å². The van der Waals surface area contributed by atoms with Gasteiger partial charge in [-0.05, 0) is 43.5 Å². The van der Waals surface area contributed by atoms with Gasteiger partial charge in [-0.3, -0.25) is 4.79 Å². The number of nitrogens with one attached hydrogen (secondary N) is 1. The highest BCUT2D eigenvalue weighted by molar-refractivity contribution is 7.99. The minimum Gasteiger partial charge on any atom is -0.354 e. The van der Waals surface area contributed by atoms with E-state index in [1.165, 1.54) is 5.56 Å². The van der Waals surface area contributed by atoms with Gasteiger partial charge in [-0.25, -0.2) is 9.97 Å². The molecule has 1 atom stereocenters. The van der Waals surface area contributed by atoms with Crippen molar-refractivity contribution in [1.29, 1.82) is 0 Å². The van der Waals surface area contributed by atoms with Crippen molar-refractivity contribution in [3.8, 4) is 0 Å². The van der Waals surface area contributed by atoms with Crippen LogP contribution in [0.2, 0.25) is 5.02 Å². The smallest absolute Gasteiger partial charge is 0.225 e. The van der Waals surface area contributed by atoms with Gasteiger partial charge in [0.2, 0.25) is 5.91 Å². The highest BCUT2D eigenvalue weighted by Crippen LogP contribution is 2.34. The van der Waals surface area contributed by atoms with Crippen molar-refractivity contribution >= 4 is 35.1 Å². The molecule has 1 aromatic heterocycles. The number of piperidine rings is 1. The number of aromatic nitrogens is 2. The van der Waals surface area contributed by atoms with E-state index >= 15 is 0 Å². The summed E-state index contributed by atoms with van der Waals surface area (Å²) in [6, 6.07) is 16.0. The molecular formula is C24H25ClN4OS. The van der Waals surface area contributed by atoms with Crippen molar-refractivity contribution in [2.24, 2.45) is 5.92 Å². The van der Waals surface area contributed by atoms with E-state index in [-0.39, 0.29) is 11.8 Å². The number of aryl methyl sites for hydroxylation is 1. The van der Waals surface area contributed by atoms with Gasteiger partial charge in [0.25, 0.3) is 0 Å². The van der Waals surface area contributed by atoms with E-state index in [4.69, 9.17) is 11.6 Å². The van der Waals surface area contributed by atoms with Crippen molar-refractivity contribution in [2.45, 2.75) is 36.2 Å². The lowest BCUT2D eigenvalue weighted by Crippen LogP contribution is -2.43. The van der Waals surface area contributed by atoms with Crippen molar-refractivity contribution in [1.82, 2.24) is 15.3 Å². The summed E-state index contributed by atoms with van der Waals surface area (Å²) in [5.74, 6) is 0.813. The maximum atomic E-state index is 12.8. The van der Waals surface area contributed by atoms with Crippen LogP contribution in [-0.2, 0) is 11.3 Å². The highest BCUT2D eigenvalue weighted by Gasteiger charge is 2.28. The van der Waals surface area contributed by atoms with E-state index in [9.17, 15) is 4.79 Å². The summed E-state index contributed by atoms with van der Waals surface area (Å²) in [5.41, 5.74) is 2.15. The molecule has 4 rings (SSSR count). The number of anilines is 1. The number of rotatable bonds is 6. The molecule has 0 aliphatic carbocycles. The summed E-state index contributed by atoms with van der Waals surface area (Å²) < 4.78 is 0. The lowest BCUT2D eigenvalue weighted by atomic mass is 9.97. The third-order valence-electron chi connectivity index (χ3n) is 5.38. The summed E-state index contributed by atoms with van der Waals surface area (Å²) in [7, 11) is 0. The fourth-order valence-electron chi connectivity index (χ4n) is 3.68. The molecule has 1 aliphatic rings. The normalized spacial score (nSPS) is 16.2. The van der Waals surface area contributed by atoms with Crippen LogP contribution in [0.1, 0.15) is 24.0 Å². The number of benzene rings is 2. The second-order valence-electron chi connectivity index (χ2n) is 7.69. The van der Waals surface area contributed by atoms with E-state index in [0.717, 1.165) is 40.7 Å². The zero-order valence-electron chi connectivity index (χ0n) is 17.4. The molecule has 1 saturated heterocycles. The predicted octanol–water partition coefficient (Wildman–Crippen LogP) is 5.12. The van der Waals surface area contributed by atoms with Crippen LogP contribution < -0.4 is 10.2 Å². The minimum atomic E-state index is -0.0875. The van der Waals surface area contributed by atoms with E-state index in [2.05, 4.69) is 51.4 Å². The van der Waals surface area contributed by atoms with Crippen molar-refractivity contribution in [3.63, 3.8) is 0 Å². The second-order valence-corrected chi connectivity index (χ2v) is 9.16. The Labute approximate surface area is 192 Å². The summed E-state index contributed by atoms with van der Waals surface area (Å²) >= 11 is 7.82. The number of amides is 1. The molecule has 5 nitrogen and oxygen atoms in total. The van der Waals surface area contributed by atoms with Crippen LogP contribution >= 0.6 is 23.4 Å². The van der Waals surface area contributed by atoms with Gasteiger partial charge in [0.05, 0.1) is 5.92 Å². The van der Waals surface area contributed by atoms with Crippen LogP contribution in [0.4, 0.5) is 5.82 Å². The summed E-state index contributed by atoms with van der Waals surface area (Å²) in [6.07, 6.45) is 5.24. The molecule has 0 radical (unpaired) electrons. The summed E-state index contributed by atoms with van der Waals surface area (Å²) in [4.78, 5) is 25.3. The van der Waals surface area contributed by atoms with Crippen molar-refractivity contribution in [3.05, 3.63) is 77.1 Å². The second kappa shape index (κ2) is 10.2. The van der Waals surface area contributed by atoms with Gasteiger partial charge in [-0.1, -0.05) is 59.3 Å². The number of hydrogen-bond donors (Lipinski definition) is 1. The zero-order chi connectivity index (χ0) is 21.6. The molecule has 1 N–H and O–H groups in total. The van der Waals surface area contributed by atoms with Crippen molar-refractivity contribution in [2.75, 3.05) is 18.0 Å². The molecule has 1 aliphatic heterocycles. The van der Waals surface area contributed by atoms with Crippen LogP contribution in [-0.4, -0.2) is 29.0 Å². The Kier molecular flexibility index (Phi) is 7.10. The molecule has 3 aromatic rings. The van der Waals surface area contributed by atoms with Gasteiger partial charge in [0.15, 0.2) is 5.82 Å². The first-order valence-corrected chi connectivity index (χ1v) is 11.6. The molecule has 7 heteroatoms. The van der Waals surface area contributed by atoms with Crippen LogP contribution in [0.15, 0.2) is 70.8 Å². The maximum Gasteiger partial charge on any atom is 0.225 e. The predicted molar refractivity (Wildman–Crippen MR) is 126 cm³/mol. The topological polar surface area (TPSA) is 58.1 Å². The maximum absolute atomic E-state index is 12.8. The largest absolute Gasteiger partial charge is 0.354 e. The Balaban J connectivity index is 1.43.